The molecule has 0 spiro atoms. The molecule has 0 heterocycles. The molecule has 0 unspecified atom stereocenters. The van der Waals surface area contributed by atoms with Crippen LogP contribution < -0.4 is 0 Å². The Morgan fingerprint density at radius 1 is 1.53 bits per heavy atom. The fourth-order valence-corrected chi connectivity index (χ4v) is 4.39. The lowest BCUT2D eigenvalue weighted by Gasteiger charge is -2.41. The molecule has 0 bridgehead atoms. The summed E-state index contributed by atoms with van der Waals surface area (Å²) in [5, 5.41) is 0. The van der Waals surface area contributed by atoms with Gasteiger partial charge in [0, 0.05) is 5.92 Å². The number of Topliss-reactive ketones (excluding diaryl/α,β-unsaturated/α-hetero) is 1. The molecule has 1 nitrogen and oxygen atoms in total. The molecule has 2 fully saturated rings. The smallest absolute Gasteiger partial charge is 0.133 e. The van der Waals surface area contributed by atoms with E-state index >= 15 is 0 Å². The minimum atomic E-state index is 0.254. The summed E-state index contributed by atoms with van der Waals surface area (Å²) in [4.78, 5) is 13.8. The van der Waals surface area contributed by atoms with Crippen LogP contribution in [0, 0.1) is 17.3 Å². The summed E-state index contributed by atoms with van der Waals surface area (Å²) in [5.74, 6) is 1.36. The standard InChI is InChI=1S/C13H19BrO/c1-9(15)11-5-6-12-10(8-14)4-3-7-13(11,12)2/h8,11-12H,3-7H2,1-2H3/b10-8+/t11-,12+,13-/m1/s1. The van der Waals surface area contributed by atoms with Gasteiger partial charge in [-0.2, -0.15) is 0 Å². The number of hydrogen-bond donors (Lipinski definition) is 0. The van der Waals surface area contributed by atoms with Gasteiger partial charge in [-0.15, -0.1) is 0 Å². The zero-order valence-corrected chi connectivity index (χ0v) is 11.1. The average Bonchev–Trinajstić information content (AvgIpc) is 2.54. The largest absolute Gasteiger partial charge is 0.300 e. The van der Waals surface area contributed by atoms with E-state index in [9.17, 15) is 4.79 Å². The maximum Gasteiger partial charge on any atom is 0.133 e. The van der Waals surface area contributed by atoms with E-state index in [-0.39, 0.29) is 5.41 Å². The SMILES string of the molecule is CC(=O)[C@H]1CC[C@H]2/C(=C/Br)CCC[C@]12C. The maximum absolute atomic E-state index is 11.7. The second-order valence-corrected chi connectivity index (χ2v) is 5.79. The minimum absolute atomic E-state index is 0.254. The zero-order chi connectivity index (χ0) is 11.1. The van der Waals surface area contributed by atoms with Crippen molar-refractivity contribution in [3.8, 4) is 0 Å². The summed E-state index contributed by atoms with van der Waals surface area (Å²) >= 11 is 3.48. The second kappa shape index (κ2) is 4.04. The first kappa shape index (κ1) is 11.4. The Hall–Kier alpha value is -0.110. The van der Waals surface area contributed by atoms with Crippen molar-refractivity contribution >= 4 is 21.7 Å². The highest BCUT2D eigenvalue weighted by Crippen LogP contribution is 2.57. The Bertz CT molecular complexity index is 308. The average molecular weight is 271 g/mol. The van der Waals surface area contributed by atoms with Gasteiger partial charge in [-0.3, -0.25) is 4.79 Å². The van der Waals surface area contributed by atoms with Crippen molar-refractivity contribution in [1.82, 2.24) is 0 Å². The molecule has 0 aromatic carbocycles. The monoisotopic (exact) mass is 270 g/mol. The van der Waals surface area contributed by atoms with Gasteiger partial charge in [-0.25, -0.2) is 0 Å². The van der Waals surface area contributed by atoms with Crippen LogP contribution in [0.1, 0.15) is 46.0 Å². The van der Waals surface area contributed by atoms with Crippen molar-refractivity contribution < 1.29 is 4.79 Å². The molecule has 2 aliphatic carbocycles. The zero-order valence-electron chi connectivity index (χ0n) is 9.55. The molecule has 2 heteroatoms. The Balaban J connectivity index is 2.31. The van der Waals surface area contributed by atoms with E-state index in [4.69, 9.17) is 0 Å². The van der Waals surface area contributed by atoms with Gasteiger partial charge in [0.15, 0.2) is 0 Å². The van der Waals surface area contributed by atoms with Crippen LogP contribution >= 0.6 is 15.9 Å². The first-order valence-corrected chi connectivity index (χ1v) is 6.80. The molecular weight excluding hydrogens is 252 g/mol. The van der Waals surface area contributed by atoms with Gasteiger partial charge in [0.1, 0.15) is 5.78 Å². The fourth-order valence-electron chi connectivity index (χ4n) is 3.84. The third-order valence-corrected chi connectivity index (χ3v) is 5.18. The van der Waals surface area contributed by atoms with Gasteiger partial charge in [-0.05, 0) is 55.3 Å². The predicted molar refractivity (Wildman–Crippen MR) is 65.9 cm³/mol. The molecule has 0 saturated heterocycles. The normalized spacial score (nSPS) is 43.0. The maximum atomic E-state index is 11.7. The van der Waals surface area contributed by atoms with Gasteiger partial charge < -0.3 is 0 Å². The van der Waals surface area contributed by atoms with Crippen LogP contribution in [0.3, 0.4) is 0 Å². The number of carbonyl (C=O) groups excluding carboxylic acids is 1. The summed E-state index contributed by atoms with van der Waals surface area (Å²) in [5.41, 5.74) is 1.79. The number of halogens is 1. The number of rotatable bonds is 1. The Kier molecular flexibility index (Phi) is 3.07. The van der Waals surface area contributed by atoms with E-state index in [1.165, 1.54) is 31.3 Å². The van der Waals surface area contributed by atoms with Crippen LogP contribution in [0.15, 0.2) is 10.6 Å². The number of allylic oxidation sites excluding steroid dienone is 1. The van der Waals surface area contributed by atoms with Crippen molar-refractivity contribution in [2.75, 3.05) is 0 Å². The lowest BCUT2D eigenvalue weighted by atomic mass is 9.63. The summed E-state index contributed by atoms with van der Waals surface area (Å²) in [6.45, 7) is 4.09. The number of ketones is 1. The number of hydrogen-bond acceptors (Lipinski definition) is 1. The number of fused-ring (bicyclic) bond motifs is 1. The number of carbonyl (C=O) groups is 1. The Labute approximate surface area is 100 Å². The molecular formula is C13H19BrO. The quantitative estimate of drug-likeness (QED) is 0.702. The van der Waals surface area contributed by atoms with Crippen molar-refractivity contribution in [2.24, 2.45) is 17.3 Å². The van der Waals surface area contributed by atoms with Crippen molar-refractivity contribution in [3.63, 3.8) is 0 Å². The molecule has 2 aliphatic rings. The summed E-state index contributed by atoms with van der Waals surface area (Å²) in [6.07, 6.45) is 6.00. The molecule has 0 amide bonds. The van der Waals surface area contributed by atoms with Crippen molar-refractivity contribution in [3.05, 3.63) is 10.6 Å². The first-order chi connectivity index (χ1) is 7.09. The molecule has 3 atom stereocenters. The molecule has 2 saturated carbocycles. The molecule has 0 radical (unpaired) electrons. The van der Waals surface area contributed by atoms with Crippen molar-refractivity contribution in [2.45, 2.75) is 46.0 Å². The van der Waals surface area contributed by atoms with Crippen LogP contribution in [0.2, 0.25) is 0 Å². The van der Waals surface area contributed by atoms with Gasteiger partial charge >= 0.3 is 0 Å². The van der Waals surface area contributed by atoms with Crippen LogP contribution in [0.25, 0.3) is 0 Å². The van der Waals surface area contributed by atoms with E-state index in [1.54, 1.807) is 6.92 Å². The highest BCUT2D eigenvalue weighted by molar-refractivity contribution is 9.11. The highest BCUT2D eigenvalue weighted by atomic mass is 79.9. The van der Waals surface area contributed by atoms with Crippen molar-refractivity contribution in [1.29, 1.82) is 0 Å². The summed E-state index contributed by atoms with van der Waals surface area (Å²) in [7, 11) is 0. The van der Waals surface area contributed by atoms with E-state index < -0.39 is 0 Å². The van der Waals surface area contributed by atoms with Crippen LogP contribution in [0.5, 0.6) is 0 Å². The lowest BCUT2D eigenvalue weighted by molar-refractivity contribution is -0.124. The molecule has 0 N–H and O–H groups in total. The van der Waals surface area contributed by atoms with Crippen LogP contribution in [-0.4, -0.2) is 5.78 Å². The van der Waals surface area contributed by atoms with Gasteiger partial charge in [0.2, 0.25) is 0 Å². The minimum Gasteiger partial charge on any atom is -0.300 e. The third-order valence-electron chi connectivity index (χ3n) is 4.60. The van der Waals surface area contributed by atoms with E-state index in [2.05, 4.69) is 27.8 Å². The Morgan fingerprint density at radius 3 is 2.87 bits per heavy atom. The topological polar surface area (TPSA) is 17.1 Å². The molecule has 0 aromatic heterocycles. The second-order valence-electron chi connectivity index (χ2n) is 5.34. The van der Waals surface area contributed by atoms with Crippen LogP contribution in [0.4, 0.5) is 0 Å². The van der Waals surface area contributed by atoms with E-state index in [0.717, 1.165) is 6.42 Å². The summed E-state index contributed by atoms with van der Waals surface area (Å²) < 4.78 is 0. The van der Waals surface area contributed by atoms with Gasteiger partial charge in [-0.1, -0.05) is 28.4 Å². The Morgan fingerprint density at radius 2 is 2.27 bits per heavy atom. The van der Waals surface area contributed by atoms with Gasteiger partial charge in [0.05, 0.1) is 0 Å². The van der Waals surface area contributed by atoms with E-state index in [0.29, 0.717) is 17.6 Å². The van der Waals surface area contributed by atoms with E-state index in [1.807, 2.05) is 0 Å². The molecule has 0 aliphatic heterocycles. The summed E-state index contributed by atoms with van der Waals surface area (Å²) in [6, 6.07) is 0. The first-order valence-electron chi connectivity index (χ1n) is 5.89. The fraction of sp³-hybridized carbons (Fsp3) is 0.769. The van der Waals surface area contributed by atoms with Crippen LogP contribution in [-0.2, 0) is 4.79 Å². The predicted octanol–water partition coefficient (Wildman–Crippen LogP) is 4.07. The molecule has 2 rings (SSSR count). The molecule has 0 aromatic rings. The molecule has 84 valence electrons. The highest BCUT2D eigenvalue weighted by Gasteiger charge is 2.50. The lowest BCUT2D eigenvalue weighted by Crippen LogP contribution is -2.35. The molecule has 15 heavy (non-hydrogen) atoms. The third kappa shape index (κ3) is 1.71. The van der Waals surface area contributed by atoms with Gasteiger partial charge in [0.25, 0.3) is 0 Å².